The first kappa shape index (κ1) is 15.3. The van der Waals surface area contributed by atoms with E-state index < -0.39 is 0 Å². The Morgan fingerprint density at radius 1 is 0.950 bits per heavy atom. The number of benzene rings is 2. The van der Waals surface area contributed by atoms with Gasteiger partial charge in [0.2, 0.25) is 0 Å². The van der Waals surface area contributed by atoms with Crippen LogP contribution >= 0.6 is 15.9 Å². The minimum absolute atomic E-state index is 0.472. The highest BCUT2D eigenvalue weighted by Gasteiger charge is 2.12. The van der Waals surface area contributed by atoms with E-state index >= 15 is 0 Å². The molecular weight excluding hydrogens is 310 g/mol. The van der Waals surface area contributed by atoms with Crippen LogP contribution in [0, 0.1) is 6.92 Å². The highest BCUT2D eigenvalue weighted by molar-refractivity contribution is 9.10. The van der Waals surface area contributed by atoms with Crippen LogP contribution in [-0.2, 0) is 12.8 Å². The zero-order valence-corrected chi connectivity index (χ0v) is 13.8. The van der Waals surface area contributed by atoms with Crippen molar-refractivity contribution in [1.29, 1.82) is 0 Å². The van der Waals surface area contributed by atoms with Gasteiger partial charge in [0.1, 0.15) is 0 Å². The van der Waals surface area contributed by atoms with Gasteiger partial charge in [-0.15, -0.1) is 0 Å². The normalized spacial score (nSPS) is 12.3. The Hall–Kier alpha value is -1.12. The van der Waals surface area contributed by atoms with Gasteiger partial charge in [0, 0.05) is 10.5 Å². The molecule has 1 unspecified atom stereocenters. The summed E-state index contributed by atoms with van der Waals surface area (Å²) in [6, 6.07) is 17.6. The van der Waals surface area contributed by atoms with E-state index in [-0.39, 0.29) is 0 Å². The van der Waals surface area contributed by atoms with E-state index in [1.165, 1.54) is 21.2 Å². The van der Waals surface area contributed by atoms with E-state index in [9.17, 15) is 0 Å². The number of likely N-dealkylation sites (N-methyl/N-ethyl adjacent to an activating group) is 1. The summed E-state index contributed by atoms with van der Waals surface area (Å²) >= 11 is 3.65. The molecule has 2 aromatic carbocycles. The lowest BCUT2D eigenvalue weighted by Gasteiger charge is -2.20. The fourth-order valence-electron chi connectivity index (χ4n) is 2.54. The zero-order valence-electron chi connectivity index (χ0n) is 12.2. The van der Waals surface area contributed by atoms with Crippen LogP contribution in [0.4, 0.5) is 0 Å². The van der Waals surface area contributed by atoms with E-state index in [4.69, 9.17) is 0 Å². The second-order valence-electron chi connectivity index (χ2n) is 5.18. The first-order valence-electron chi connectivity index (χ1n) is 7.22. The fourth-order valence-corrected chi connectivity index (χ4v) is 2.99. The molecule has 2 heteroatoms. The van der Waals surface area contributed by atoms with Gasteiger partial charge < -0.3 is 5.32 Å². The maximum Gasteiger partial charge on any atom is 0.0207 e. The molecule has 0 aliphatic rings. The second-order valence-corrected chi connectivity index (χ2v) is 6.04. The molecule has 0 saturated heterocycles. The quantitative estimate of drug-likeness (QED) is 0.820. The number of halogens is 1. The Labute approximate surface area is 130 Å². The van der Waals surface area contributed by atoms with Crippen molar-refractivity contribution in [2.45, 2.75) is 32.7 Å². The van der Waals surface area contributed by atoms with Gasteiger partial charge in [-0.05, 0) is 49.1 Å². The lowest BCUT2D eigenvalue weighted by atomic mass is 9.96. The zero-order chi connectivity index (χ0) is 14.4. The van der Waals surface area contributed by atoms with Crippen LogP contribution in [0.1, 0.15) is 23.6 Å². The van der Waals surface area contributed by atoms with E-state index in [0.29, 0.717) is 6.04 Å². The summed E-state index contributed by atoms with van der Waals surface area (Å²) in [5.41, 5.74) is 4.18. The van der Waals surface area contributed by atoms with Crippen molar-refractivity contribution in [1.82, 2.24) is 5.32 Å². The molecule has 0 spiro atoms. The Balaban J connectivity index is 2.12. The summed E-state index contributed by atoms with van der Waals surface area (Å²) in [5, 5.41) is 3.61. The van der Waals surface area contributed by atoms with Gasteiger partial charge in [-0.2, -0.15) is 0 Å². The highest BCUT2D eigenvalue weighted by atomic mass is 79.9. The highest BCUT2D eigenvalue weighted by Crippen LogP contribution is 2.19. The van der Waals surface area contributed by atoms with E-state index in [1.807, 2.05) is 0 Å². The van der Waals surface area contributed by atoms with Crippen LogP contribution in [-0.4, -0.2) is 12.6 Å². The monoisotopic (exact) mass is 331 g/mol. The van der Waals surface area contributed by atoms with Crippen LogP contribution in [0.15, 0.2) is 53.0 Å². The fraction of sp³-hybridized carbons (Fsp3) is 0.333. The van der Waals surface area contributed by atoms with Gasteiger partial charge in [-0.3, -0.25) is 0 Å². The molecule has 1 nitrogen and oxygen atoms in total. The third kappa shape index (κ3) is 4.19. The number of nitrogens with one attached hydrogen (secondary N) is 1. The molecule has 0 amide bonds. The topological polar surface area (TPSA) is 12.0 Å². The molecular formula is C18H22BrN. The molecule has 0 fully saturated rings. The summed E-state index contributed by atoms with van der Waals surface area (Å²) < 4.78 is 1.20. The first-order valence-corrected chi connectivity index (χ1v) is 8.01. The molecule has 0 heterocycles. The number of rotatable bonds is 6. The smallest absolute Gasteiger partial charge is 0.0207 e. The predicted octanol–water partition coefficient (Wildman–Crippen LogP) is 4.52. The van der Waals surface area contributed by atoms with Crippen LogP contribution in [0.25, 0.3) is 0 Å². The lowest BCUT2D eigenvalue weighted by molar-refractivity contribution is 0.520. The maximum absolute atomic E-state index is 3.65. The van der Waals surface area contributed by atoms with Crippen LogP contribution < -0.4 is 5.32 Å². The molecule has 1 atom stereocenters. The summed E-state index contributed by atoms with van der Waals surface area (Å²) in [6.07, 6.45) is 2.12. The molecule has 1 N–H and O–H groups in total. The van der Waals surface area contributed by atoms with Gasteiger partial charge in [-0.25, -0.2) is 0 Å². The third-order valence-corrected chi connectivity index (χ3v) is 4.42. The molecule has 2 aromatic rings. The van der Waals surface area contributed by atoms with E-state index in [0.717, 1.165) is 19.4 Å². The summed E-state index contributed by atoms with van der Waals surface area (Å²) in [5.74, 6) is 0. The largest absolute Gasteiger partial charge is 0.314 e. The van der Waals surface area contributed by atoms with Gasteiger partial charge in [0.15, 0.2) is 0 Å². The van der Waals surface area contributed by atoms with Crippen molar-refractivity contribution >= 4 is 15.9 Å². The Bertz CT molecular complexity index is 503. The Morgan fingerprint density at radius 2 is 1.55 bits per heavy atom. The van der Waals surface area contributed by atoms with Crippen molar-refractivity contribution < 1.29 is 0 Å². The van der Waals surface area contributed by atoms with Gasteiger partial charge in [0.25, 0.3) is 0 Å². The summed E-state index contributed by atoms with van der Waals surface area (Å²) in [7, 11) is 0. The van der Waals surface area contributed by atoms with E-state index in [1.54, 1.807) is 0 Å². The van der Waals surface area contributed by atoms with Gasteiger partial charge in [-0.1, -0.05) is 65.3 Å². The van der Waals surface area contributed by atoms with Gasteiger partial charge in [0.05, 0.1) is 0 Å². The standard InChI is InChI=1S/C18H22BrN/c1-3-20-17(12-15-9-5-4-8-14(15)2)13-16-10-6-7-11-18(16)19/h4-11,17,20H,3,12-13H2,1-2H3. The predicted molar refractivity (Wildman–Crippen MR) is 90.2 cm³/mol. The molecule has 20 heavy (non-hydrogen) atoms. The first-order chi connectivity index (χ1) is 9.70. The maximum atomic E-state index is 3.65. The molecule has 0 aliphatic carbocycles. The average molecular weight is 332 g/mol. The molecule has 0 bridgehead atoms. The molecule has 106 valence electrons. The van der Waals surface area contributed by atoms with Crippen LogP contribution in [0.5, 0.6) is 0 Å². The molecule has 2 rings (SSSR count). The average Bonchev–Trinajstić information content (AvgIpc) is 2.44. The van der Waals surface area contributed by atoms with Crippen molar-refractivity contribution in [2.24, 2.45) is 0 Å². The molecule has 0 radical (unpaired) electrons. The second kappa shape index (κ2) is 7.61. The van der Waals surface area contributed by atoms with Crippen LogP contribution in [0.2, 0.25) is 0 Å². The lowest BCUT2D eigenvalue weighted by Crippen LogP contribution is -2.33. The van der Waals surface area contributed by atoms with Crippen molar-refractivity contribution in [2.75, 3.05) is 6.54 Å². The number of hydrogen-bond acceptors (Lipinski definition) is 1. The van der Waals surface area contributed by atoms with Gasteiger partial charge >= 0.3 is 0 Å². The third-order valence-electron chi connectivity index (χ3n) is 3.64. The van der Waals surface area contributed by atoms with E-state index in [2.05, 4.69) is 83.6 Å². The summed E-state index contributed by atoms with van der Waals surface area (Å²) in [4.78, 5) is 0. The van der Waals surface area contributed by atoms with Crippen molar-refractivity contribution in [3.8, 4) is 0 Å². The SMILES string of the molecule is CCNC(Cc1ccccc1C)Cc1ccccc1Br. The van der Waals surface area contributed by atoms with Crippen molar-refractivity contribution in [3.05, 3.63) is 69.7 Å². The Kier molecular flexibility index (Phi) is 5.81. The molecule has 0 saturated carbocycles. The van der Waals surface area contributed by atoms with Crippen LogP contribution in [0.3, 0.4) is 0 Å². The molecule has 0 aromatic heterocycles. The summed E-state index contributed by atoms with van der Waals surface area (Å²) in [6.45, 7) is 5.36. The number of hydrogen-bond donors (Lipinski definition) is 1. The minimum Gasteiger partial charge on any atom is -0.314 e. The minimum atomic E-state index is 0.472. The number of aryl methyl sites for hydroxylation is 1. The van der Waals surface area contributed by atoms with Crippen molar-refractivity contribution in [3.63, 3.8) is 0 Å². The molecule has 0 aliphatic heterocycles. The Morgan fingerprint density at radius 3 is 2.20 bits per heavy atom.